The van der Waals surface area contributed by atoms with Crippen LogP contribution in [0.25, 0.3) is 0 Å². The molecule has 1 unspecified atom stereocenters. The van der Waals surface area contributed by atoms with Gasteiger partial charge in [-0.25, -0.2) is 0 Å². The van der Waals surface area contributed by atoms with Crippen molar-refractivity contribution in [3.05, 3.63) is 24.4 Å². The Morgan fingerprint density at radius 1 is 0.750 bits per heavy atom. The summed E-state index contributed by atoms with van der Waals surface area (Å²) in [5.74, 6) is 0. The highest BCUT2D eigenvalue weighted by atomic mass is 32.3. The lowest BCUT2D eigenvalue weighted by molar-refractivity contribution is 0.322. The Labute approximate surface area is 173 Å². The van der Waals surface area contributed by atoms with E-state index in [9.17, 15) is 0 Å². The van der Waals surface area contributed by atoms with E-state index in [-0.39, 0.29) is 0 Å². The van der Waals surface area contributed by atoms with Gasteiger partial charge in [-0.1, -0.05) is 103 Å². The summed E-state index contributed by atoms with van der Waals surface area (Å²) in [7, 11) is -4.67. The molecule has 0 bridgehead atoms. The van der Waals surface area contributed by atoms with Crippen LogP contribution in [0.1, 0.15) is 104 Å². The molecule has 0 radical (unpaired) electrons. The Morgan fingerprint density at radius 3 is 1.54 bits per heavy atom. The highest BCUT2D eigenvalue weighted by molar-refractivity contribution is 7.79. The zero-order chi connectivity index (χ0) is 21.1. The fourth-order valence-corrected chi connectivity index (χ4v) is 3.40. The van der Waals surface area contributed by atoms with E-state index in [1.54, 1.807) is 0 Å². The normalized spacial score (nSPS) is 16.1. The first-order chi connectivity index (χ1) is 13.3. The number of nitrogens with zero attached hydrogens (tertiary/aromatic N) is 1. The second-order valence-corrected chi connectivity index (χ2v) is 8.64. The van der Waals surface area contributed by atoms with Crippen molar-refractivity contribution in [1.82, 2.24) is 4.90 Å². The van der Waals surface area contributed by atoms with Crippen molar-refractivity contribution in [3.63, 3.8) is 0 Å². The highest BCUT2D eigenvalue weighted by Crippen LogP contribution is 2.14. The number of hydrogen-bond donors (Lipinski definition) is 2. The molecule has 1 aliphatic rings. The van der Waals surface area contributed by atoms with E-state index < -0.39 is 10.4 Å². The van der Waals surface area contributed by atoms with Crippen LogP contribution in [0.3, 0.4) is 0 Å². The zero-order valence-corrected chi connectivity index (χ0v) is 18.9. The molecule has 6 heteroatoms. The van der Waals surface area contributed by atoms with Gasteiger partial charge in [-0.2, -0.15) is 8.42 Å². The molecule has 0 saturated heterocycles. The lowest BCUT2D eigenvalue weighted by Crippen LogP contribution is -2.28. The summed E-state index contributed by atoms with van der Waals surface area (Å²) in [4.78, 5) is 2.46. The largest absolute Gasteiger partial charge is 0.394 e. The Hall–Kier alpha value is -0.850. The Morgan fingerprint density at radius 2 is 1.14 bits per heavy atom. The summed E-state index contributed by atoms with van der Waals surface area (Å²) >= 11 is 0. The molecule has 0 fully saturated rings. The predicted octanol–water partition coefficient (Wildman–Crippen LogP) is 6.59. The third-order valence-electron chi connectivity index (χ3n) is 5.07. The molecule has 0 amide bonds. The van der Waals surface area contributed by atoms with Gasteiger partial charge in [-0.3, -0.25) is 9.11 Å². The van der Waals surface area contributed by atoms with Crippen LogP contribution in [0, 0.1) is 0 Å². The maximum absolute atomic E-state index is 8.74. The SMILES string of the molecule is CCCCCCCCCCCCCCCCN1C=CC=CC1C.O=S(=O)(O)O. The predicted molar refractivity (Wildman–Crippen MR) is 119 cm³/mol. The van der Waals surface area contributed by atoms with Crippen molar-refractivity contribution < 1.29 is 17.5 Å². The maximum Gasteiger partial charge on any atom is 0.394 e. The van der Waals surface area contributed by atoms with Crippen molar-refractivity contribution in [3.8, 4) is 0 Å². The van der Waals surface area contributed by atoms with Crippen LogP contribution in [0.5, 0.6) is 0 Å². The first-order valence-electron chi connectivity index (χ1n) is 11.1. The molecule has 2 N–H and O–H groups in total. The number of hydrogen-bond acceptors (Lipinski definition) is 3. The van der Waals surface area contributed by atoms with E-state index in [4.69, 9.17) is 17.5 Å². The van der Waals surface area contributed by atoms with Crippen molar-refractivity contribution in [2.24, 2.45) is 0 Å². The topological polar surface area (TPSA) is 77.8 Å². The Balaban J connectivity index is 0.00000129. The van der Waals surface area contributed by atoms with Crippen LogP contribution < -0.4 is 0 Å². The molecular formula is C22H43NO4S. The average molecular weight is 418 g/mol. The van der Waals surface area contributed by atoms with Gasteiger partial charge in [0.25, 0.3) is 0 Å². The molecule has 0 aliphatic carbocycles. The molecule has 1 aliphatic heterocycles. The first-order valence-corrected chi connectivity index (χ1v) is 12.5. The quantitative estimate of drug-likeness (QED) is 0.232. The fraction of sp³-hybridized carbons (Fsp3) is 0.818. The molecule has 5 nitrogen and oxygen atoms in total. The molecular weight excluding hydrogens is 374 g/mol. The van der Waals surface area contributed by atoms with Crippen molar-refractivity contribution in [1.29, 1.82) is 0 Å². The van der Waals surface area contributed by atoms with E-state index in [2.05, 4.69) is 43.2 Å². The lowest BCUT2D eigenvalue weighted by Gasteiger charge is -2.27. The minimum absolute atomic E-state index is 0.585. The van der Waals surface area contributed by atoms with Gasteiger partial charge in [0.1, 0.15) is 0 Å². The van der Waals surface area contributed by atoms with E-state index in [0.29, 0.717) is 6.04 Å². The summed E-state index contributed by atoms with van der Waals surface area (Å²) in [5, 5.41) is 0. The van der Waals surface area contributed by atoms with Gasteiger partial charge in [0, 0.05) is 12.6 Å². The van der Waals surface area contributed by atoms with Crippen molar-refractivity contribution in [2.45, 2.75) is 110 Å². The molecule has 0 saturated carbocycles. The van der Waals surface area contributed by atoms with E-state index in [1.165, 1.54) is 96.4 Å². The molecule has 0 aromatic rings. The molecule has 1 heterocycles. The number of allylic oxidation sites excluding steroid dienone is 2. The minimum atomic E-state index is -4.67. The smallest absolute Gasteiger partial charge is 0.371 e. The van der Waals surface area contributed by atoms with Gasteiger partial charge in [-0.05, 0) is 25.6 Å². The second kappa shape index (κ2) is 18.2. The van der Waals surface area contributed by atoms with Gasteiger partial charge in [-0.15, -0.1) is 0 Å². The molecule has 1 rings (SSSR count). The van der Waals surface area contributed by atoms with Crippen LogP contribution in [-0.4, -0.2) is 35.0 Å². The number of rotatable bonds is 15. The minimum Gasteiger partial charge on any atom is -0.371 e. The molecule has 166 valence electrons. The summed E-state index contributed by atoms with van der Waals surface area (Å²) in [6.45, 7) is 5.80. The summed E-state index contributed by atoms with van der Waals surface area (Å²) < 4.78 is 31.6. The van der Waals surface area contributed by atoms with Gasteiger partial charge in [0.2, 0.25) is 0 Å². The Bertz CT molecular complexity index is 495. The third-order valence-corrected chi connectivity index (χ3v) is 5.07. The van der Waals surface area contributed by atoms with Gasteiger partial charge in [0.05, 0.1) is 0 Å². The Kier molecular flexibility index (Phi) is 17.6. The molecule has 28 heavy (non-hydrogen) atoms. The summed E-state index contributed by atoms with van der Waals surface area (Å²) in [5.41, 5.74) is 0. The van der Waals surface area contributed by atoms with Crippen LogP contribution in [0.2, 0.25) is 0 Å². The van der Waals surface area contributed by atoms with Gasteiger partial charge in [0.15, 0.2) is 0 Å². The van der Waals surface area contributed by atoms with Crippen LogP contribution in [0.4, 0.5) is 0 Å². The van der Waals surface area contributed by atoms with Gasteiger partial charge >= 0.3 is 10.4 Å². The number of unbranched alkanes of at least 4 members (excludes halogenated alkanes) is 13. The van der Waals surface area contributed by atoms with E-state index in [0.717, 1.165) is 0 Å². The first kappa shape index (κ1) is 27.1. The monoisotopic (exact) mass is 417 g/mol. The molecule has 0 aromatic carbocycles. The molecule has 0 spiro atoms. The van der Waals surface area contributed by atoms with Gasteiger partial charge < -0.3 is 4.90 Å². The maximum atomic E-state index is 8.74. The van der Waals surface area contributed by atoms with E-state index in [1.807, 2.05) is 0 Å². The summed E-state index contributed by atoms with van der Waals surface area (Å²) in [6, 6.07) is 0.585. The molecule has 1 atom stereocenters. The van der Waals surface area contributed by atoms with Crippen molar-refractivity contribution in [2.75, 3.05) is 6.54 Å². The standard InChI is InChI=1S/C22H41N.H2O4S/c1-3-4-5-6-7-8-9-10-11-12-13-14-15-17-20-23-21-18-16-19-22(23)2;1-5(2,3)4/h16,18-19,21-22H,3-15,17,20H2,1-2H3;(H2,1,2,3,4). The average Bonchev–Trinajstić information content (AvgIpc) is 2.62. The van der Waals surface area contributed by atoms with E-state index >= 15 is 0 Å². The zero-order valence-electron chi connectivity index (χ0n) is 18.1. The third kappa shape index (κ3) is 21.5. The second-order valence-electron chi connectivity index (χ2n) is 7.75. The van der Waals surface area contributed by atoms with Crippen molar-refractivity contribution >= 4 is 10.4 Å². The summed E-state index contributed by atoms with van der Waals surface area (Å²) in [6.07, 6.45) is 29.0. The highest BCUT2D eigenvalue weighted by Gasteiger charge is 2.07. The fourth-order valence-electron chi connectivity index (χ4n) is 3.40. The van der Waals surface area contributed by atoms with Crippen LogP contribution >= 0.6 is 0 Å². The lowest BCUT2D eigenvalue weighted by atomic mass is 10.0. The molecule has 0 aromatic heterocycles. The van der Waals surface area contributed by atoms with Crippen LogP contribution in [0.15, 0.2) is 24.4 Å². The van der Waals surface area contributed by atoms with Crippen LogP contribution in [-0.2, 0) is 10.4 Å².